The van der Waals surface area contributed by atoms with Crippen LogP contribution in [0.5, 0.6) is 11.5 Å². The second kappa shape index (κ2) is 8.81. The van der Waals surface area contributed by atoms with Crippen LogP contribution >= 0.6 is 11.3 Å². The number of nitrogens with zero attached hydrogens (tertiary/aromatic N) is 1. The van der Waals surface area contributed by atoms with E-state index in [0.717, 1.165) is 30.5 Å². The second-order valence-corrected chi connectivity index (χ2v) is 7.20. The SMILES string of the molecule is COc1ccc(C(=O)CCC(=O)N/N=C2\CCCc3sccc32)cc1OC. The zero-order chi connectivity index (χ0) is 19.2. The van der Waals surface area contributed by atoms with E-state index in [0.29, 0.717) is 17.1 Å². The molecule has 3 rings (SSSR count). The van der Waals surface area contributed by atoms with Crippen LogP contribution in [0.1, 0.15) is 46.5 Å². The smallest absolute Gasteiger partial charge is 0.240 e. The third kappa shape index (κ3) is 4.54. The fraction of sp³-hybridized carbons (Fsp3) is 0.350. The number of carbonyl (C=O) groups excluding carboxylic acids is 2. The molecule has 1 aromatic heterocycles. The van der Waals surface area contributed by atoms with Crippen LogP contribution in [-0.4, -0.2) is 31.6 Å². The largest absolute Gasteiger partial charge is 0.493 e. The maximum absolute atomic E-state index is 12.3. The van der Waals surface area contributed by atoms with Crippen molar-refractivity contribution in [3.63, 3.8) is 0 Å². The molecule has 0 bridgehead atoms. The molecule has 1 amide bonds. The van der Waals surface area contributed by atoms with E-state index in [9.17, 15) is 9.59 Å². The van der Waals surface area contributed by atoms with Gasteiger partial charge in [0.25, 0.3) is 0 Å². The minimum Gasteiger partial charge on any atom is -0.493 e. The van der Waals surface area contributed by atoms with Crippen molar-refractivity contribution < 1.29 is 19.1 Å². The van der Waals surface area contributed by atoms with Crippen molar-refractivity contribution in [2.24, 2.45) is 5.10 Å². The highest BCUT2D eigenvalue weighted by molar-refractivity contribution is 7.10. The van der Waals surface area contributed by atoms with Gasteiger partial charge in [-0.3, -0.25) is 9.59 Å². The summed E-state index contributed by atoms with van der Waals surface area (Å²) in [5, 5.41) is 6.32. The van der Waals surface area contributed by atoms with Crippen molar-refractivity contribution >= 4 is 28.7 Å². The quantitative estimate of drug-likeness (QED) is 0.583. The van der Waals surface area contributed by atoms with Gasteiger partial charge in [0, 0.05) is 28.8 Å². The summed E-state index contributed by atoms with van der Waals surface area (Å²) in [5.74, 6) is 0.654. The predicted molar refractivity (Wildman–Crippen MR) is 105 cm³/mol. The highest BCUT2D eigenvalue weighted by Crippen LogP contribution is 2.28. The maximum atomic E-state index is 12.3. The minimum absolute atomic E-state index is 0.0838. The van der Waals surface area contributed by atoms with Gasteiger partial charge in [0.2, 0.25) is 5.91 Å². The number of aryl methyl sites for hydroxylation is 1. The van der Waals surface area contributed by atoms with E-state index < -0.39 is 0 Å². The van der Waals surface area contributed by atoms with Gasteiger partial charge in [0.1, 0.15) is 0 Å². The number of carbonyl (C=O) groups is 2. The van der Waals surface area contributed by atoms with Crippen molar-refractivity contribution in [1.82, 2.24) is 5.43 Å². The Balaban J connectivity index is 1.55. The minimum atomic E-state index is -0.265. The Hall–Kier alpha value is -2.67. The number of Topliss-reactive ketones (excluding diaryl/α,β-unsaturated/α-hetero) is 1. The number of methoxy groups -OCH3 is 2. The molecule has 0 saturated carbocycles. The number of amides is 1. The lowest BCUT2D eigenvalue weighted by Crippen LogP contribution is -2.22. The lowest BCUT2D eigenvalue weighted by molar-refractivity contribution is -0.121. The van der Waals surface area contributed by atoms with Crippen LogP contribution < -0.4 is 14.9 Å². The van der Waals surface area contributed by atoms with Gasteiger partial charge in [-0.1, -0.05) is 0 Å². The molecule has 0 fully saturated rings. The normalized spacial score (nSPS) is 14.5. The maximum Gasteiger partial charge on any atom is 0.240 e. The molecule has 2 aromatic rings. The molecule has 0 radical (unpaired) electrons. The topological polar surface area (TPSA) is 77.0 Å². The highest BCUT2D eigenvalue weighted by atomic mass is 32.1. The van der Waals surface area contributed by atoms with Crippen LogP contribution in [0.25, 0.3) is 0 Å². The van der Waals surface area contributed by atoms with Gasteiger partial charge >= 0.3 is 0 Å². The van der Waals surface area contributed by atoms with Gasteiger partial charge in [-0.15, -0.1) is 11.3 Å². The summed E-state index contributed by atoms with van der Waals surface area (Å²) in [7, 11) is 3.06. The number of fused-ring (bicyclic) bond motifs is 1. The van der Waals surface area contributed by atoms with E-state index >= 15 is 0 Å². The van der Waals surface area contributed by atoms with E-state index in [1.807, 2.05) is 6.07 Å². The number of hydrogen-bond acceptors (Lipinski definition) is 6. The third-order valence-corrected chi connectivity index (χ3v) is 5.45. The summed E-state index contributed by atoms with van der Waals surface area (Å²) >= 11 is 1.72. The number of hydrogen-bond donors (Lipinski definition) is 1. The number of rotatable bonds is 7. The van der Waals surface area contributed by atoms with Crippen molar-refractivity contribution in [3.8, 4) is 11.5 Å². The molecule has 1 aliphatic carbocycles. The average Bonchev–Trinajstić information content (AvgIpc) is 3.19. The first-order valence-electron chi connectivity index (χ1n) is 8.79. The van der Waals surface area contributed by atoms with Gasteiger partial charge < -0.3 is 9.47 Å². The molecule has 7 heteroatoms. The first kappa shape index (κ1) is 19.1. The van der Waals surface area contributed by atoms with E-state index in [1.54, 1.807) is 29.5 Å². The van der Waals surface area contributed by atoms with E-state index in [-0.39, 0.29) is 24.5 Å². The number of thiophene rings is 1. The van der Waals surface area contributed by atoms with Crippen LogP contribution in [0.3, 0.4) is 0 Å². The lowest BCUT2D eigenvalue weighted by atomic mass is 9.97. The van der Waals surface area contributed by atoms with Crippen LogP contribution in [-0.2, 0) is 11.2 Å². The molecule has 6 nitrogen and oxygen atoms in total. The Morgan fingerprint density at radius 1 is 1.11 bits per heavy atom. The Labute approximate surface area is 162 Å². The molecule has 1 aromatic carbocycles. The lowest BCUT2D eigenvalue weighted by Gasteiger charge is -2.13. The number of nitrogens with one attached hydrogen (secondary N) is 1. The average molecular weight is 386 g/mol. The molecule has 1 N–H and O–H groups in total. The van der Waals surface area contributed by atoms with Crippen molar-refractivity contribution in [3.05, 3.63) is 45.6 Å². The molecule has 0 unspecified atom stereocenters. The Morgan fingerprint density at radius 3 is 2.70 bits per heavy atom. The number of hydrazone groups is 1. The molecule has 1 heterocycles. The van der Waals surface area contributed by atoms with Gasteiger partial charge in [-0.25, -0.2) is 5.43 Å². The molecular weight excluding hydrogens is 364 g/mol. The fourth-order valence-corrected chi connectivity index (χ4v) is 3.97. The van der Waals surface area contributed by atoms with Gasteiger partial charge in [0.15, 0.2) is 17.3 Å². The van der Waals surface area contributed by atoms with Crippen LogP contribution in [0.2, 0.25) is 0 Å². The van der Waals surface area contributed by atoms with Crippen molar-refractivity contribution in [2.45, 2.75) is 32.1 Å². The molecule has 27 heavy (non-hydrogen) atoms. The number of ether oxygens (including phenoxy) is 2. The number of ketones is 1. The van der Waals surface area contributed by atoms with Gasteiger partial charge in [-0.05, 0) is 48.9 Å². The highest BCUT2D eigenvalue weighted by Gasteiger charge is 2.17. The summed E-state index contributed by atoms with van der Waals surface area (Å²) in [5.41, 5.74) is 5.12. The molecule has 0 spiro atoms. The molecule has 0 aliphatic heterocycles. The van der Waals surface area contributed by atoms with Gasteiger partial charge in [-0.2, -0.15) is 5.10 Å². The van der Waals surface area contributed by atoms with E-state index in [1.165, 1.54) is 19.1 Å². The fourth-order valence-electron chi connectivity index (χ4n) is 3.03. The van der Waals surface area contributed by atoms with Crippen LogP contribution in [0, 0.1) is 0 Å². The van der Waals surface area contributed by atoms with Crippen LogP contribution in [0.4, 0.5) is 0 Å². The first-order chi connectivity index (χ1) is 13.1. The van der Waals surface area contributed by atoms with Crippen molar-refractivity contribution in [1.29, 1.82) is 0 Å². The molecule has 0 saturated heterocycles. The van der Waals surface area contributed by atoms with E-state index in [4.69, 9.17) is 9.47 Å². The zero-order valence-electron chi connectivity index (χ0n) is 15.4. The van der Waals surface area contributed by atoms with Gasteiger partial charge in [0.05, 0.1) is 19.9 Å². The Kier molecular flexibility index (Phi) is 6.24. The Morgan fingerprint density at radius 2 is 1.93 bits per heavy atom. The summed E-state index contributed by atoms with van der Waals surface area (Å²) in [6.07, 6.45) is 3.16. The summed E-state index contributed by atoms with van der Waals surface area (Å²) in [4.78, 5) is 25.7. The first-order valence-corrected chi connectivity index (χ1v) is 9.67. The standard InChI is InChI=1S/C20H22N2O4S/c1-25-17-8-6-13(12-18(17)26-2)16(23)7-9-20(24)22-21-15-4-3-5-19-14(15)10-11-27-19/h6,8,10-12H,3-5,7,9H2,1-2H3,(H,22,24)/b21-15+. The molecular formula is C20H22N2O4S. The second-order valence-electron chi connectivity index (χ2n) is 6.20. The monoisotopic (exact) mass is 386 g/mol. The zero-order valence-corrected chi connectivity index (χ0v) is 16.2. The summed E-state index contributed by atoms with van der Waals surface area (Å²) in [6.45, 7) is 0. The molecule has 0 atom stereocenters. The summed E-state index contributed by atoms with van der Waals surface area (Å²) in [6, 6.07) is 7.02. The van der Waals surface area contributed by atoms with E-state index in [2.05, 4.69) is 15.9 Å². The molecule has 142 valence electrons. The summed E-state index contributed by atoms with van der Waals surface area (Å²) < 4.78 is 10.4. The van der Waals surface area contributed by atoms with Crippen molar-refractivity contribution in [2.75, 3.05) is 14.2 Å². The Bertz CT molecular complexity index is 873. The number of benzene rings is 1. The predicted octanol–water partition coefficient (Wildman–Crippen LogP) is 3.59. The molecule has 1 aliphatic rings. The third-order valence-electron chi connectivity index (χ3n) is 4.47. The van der Waals surface area contributed by atoms with Crippen LogP contribution in [0.15, 0.2) is 34.7 Å².